The van der Waals surface area contributed by atoms with Crippen molar-refractivity contribution in [3.05, 3.63) is 34.9 Å². The Bertz CT molecular complexity index is 559. The molecule has 0 atom stereocenters. The first-order valence-electron chi connectivity index (χ1n) is 7.20. The Labute approximate surface area is 129 Å². The van der Waals surface area contributed by atoms with Crippen LogP contribution in [0.25, 0.3) is 0 Å². The van der Waals surface area contributed by atoms with Crippen LogP contribution in [0, 0.1) is 5.92 Å². The van der Waals surface area contributed by atoms with Gasteiger partial charge in [0.2, 0.25) is 5.91 Å². The van der Waals surface area contributed by atoms with Gasteiger partial charge in [0.1, 0.15) is 0 Å². The number of ether oxygens (including phenoxy) is 1. The third kappa shape index (κ3) is 2.31. The summed E-state index contributed by atoms with van der Waals surface area (Å²) in [5.74, 6) is -0.259. The zero-order valence-corrected chi connectivity index (χ0v) is 12.7. The molecule has 2 fully saturated rings. The van der Waals surface area contributed by atoms with Gasteiger partial charge in [0.25, 0.3) is 0 Å². The summed E-state index contributed by atoms with van der Waals surface area (Å²) in [5, 5.41) is 0.676. The highest BCUT2D eigenvalue weighted by molar-refractivity contribution is 6.30. The van der Waals surface area contributed by atoms with Crippen molar-refractivity contribution in [3.63, 3.8) is 0 Å². The number of carbonyl (C=O) groups is 2. The van der Waals surface area contributed by atoms with Crippen molar-refractivity contribution in [1.29, 1.82) is 0 Å². The zero-order chi connectivity index (χ0) is 15.0. The van der Waals surface area contributed by atoms with Crippen LogP contribution in [0.1, 0.15) is 24.8 Å². The van der Waals surface area contributed by atoms with Crippen molar-refractivity contribution in [1.82, 2.24) is 4.90 Å². The lowest BCUT2D eigenvalue weighted by molar-refractivity contribution is -0.159. The van der Waals surface area contributed by atoms with Crippen LogP contribution < -0.4 is 0 Å². The van der Waals surface area contributed by atoms with E-state index in [4.69, 9.17) is 16.3 Å². The van der Waals surface area contributed by atoms with E-state index in [9.17, 15) is 9.59 Å². The van der Waals surface area contributed by atoms with Crippen LogP contribution in [0.2, 0.25) is 5.02 Å². The largest absolute Gasteiger partial charge is 0.469 e. The van der Waals surface area contributed by atoms with Gasteiger partial charge >= 0.3 is 5.97 Å². The van der Waals surface area contributed by atoms with Crippen LogP contribution >= 0.6 is 11.6 Å². The number of likely N-dealkylation sites (tertiary alicyclic amines) is 1. The van der Waals surface area contributed by atoms with Gasteiger partial charge in [0.05, 0.1) is 18.4 Å². The zero-order valence-electron chi connectivity index (χ0n) is 12.0. The van der Waals surface area contributed by atoms with Gasteiger partial charge in [-0.3, -0.25) is 9.59 Å². The molecule has 1 amide bonds. The summed E-state index contributed by atoms with van der Waals surface area (Å²) in [6, 6.07) is 7.54. The normalized spacial score (nSPS) is 20.4. The fourth-order valence-electron chi connectivity index (χ4n) is 3.19. The lowest BCUT2D eigenvalue weighted by Crippen LogP contribution is -2.60. The van der Waals surface area contributed by atoms with E-state index in [0.717, 1.165) is 24.8 Å². The van der Waals surface area contributed by atoms with Gasteiger partial charge in [-0.1, -0.05) is 30.2 Å². The molecular formula is C16H18ClNO3. The van der Waals surface area contributed by atoms with Crippen LogP contribution in [-0.4, -0.2) is 37.0 Å². The van der Waals surface area contributed by atoms with Crippen LogP contribution in [0.4, 0.5) is 0 Å². The molecule has 4 nitrogen and oxygen atoms in total. The SMILES string of the molecule is COC(=O)C1CN(C(=O)C2(c3ccc(Cl)cc3)CCC2)C1. The molecule has 2 aliphatic rings. The minimum Gasteiger partial charge on any atom is -0.469 e. The molecule has 0 radical (unpaired) electrons. The molecule has 21 heavy (non-hydrogen) atoms. The maximum Gasteiger partial charge on any atom is 0.312 e. The summed E-state index contributed by atoms with van der Waals surface area (Å²) in [5.41, 5.74) is 0.621. The Morgan fingerprint density at radius 2 is 1.86 bits per heavy atom. The summed E-state index contributed by atoms with van der Waals surface area (Å²) in [7, 11) is 1.38. The second kappa shape index (κ2) is 5.34. The average molecular weight is 308 g/mol. The molecule has 1 saturated carbocycles. The highest BCUT2D eigenvalue weighted by atomic mass is 35.5. The monoisotopic (exact) mass is 307 g/mol. The number of hydrogen-bond donors (Lipinski definition) is 0. The van der Waals surface area contributed by atoms with Crippen molar-refractivity contribution >= 4 is 23.5 Å². The van der Waals surface area contributed by atoms with E-state index in [0.29, 0.717) is 18.1 Å². The summed E-state index contributed by atoms with van der Waals surface area (Å²) in [6.07, 6.45) is 2.79. The maximum atomic E-state index is 12.8. The van der Waals surface area contributed by atoms with Gasteiger partial charge in [0.15, 0.2) is 0 Å². The highest BCUT2D eigenvalue weighted by Crippen LogP contribution is 2.46. The van der Waals surface area contributed by atoms with Crippen molar-refractivity contribution in [2.45, 2.75) is 24.7 Å². The Morgan fingerprint density at radius 3 is 2.33 bits per heavy atom. The number of esters is 1. The predicted molar refractivity (Wildman–Crippen MR) is 79.1 cm³/mol. The molecule has 3 rings (SSSR count). The fraction of sp³-hybridized carbons (Fsp3) is 0.500. The molecule has 1 saturated heterocycles. The maximum absolute atomic E-state index is 12.8. The number of hydrogen-bond acceptors (Lipinski definition) is 3. The minimum atomic E-state index is -0.411. The molecule has 1 aromatic carbocycles. The number of carbonyl (C=O) groups excluding carboxylic acids is 2. The second-order valence-electron chi connectivity index (χ2n) is 5.87. The second-order valence-corrected chi connectivity index (χ2v) is 6.31. The van der Waals surface area contributed by atoms with Gasteiger partial charge in [-0.25, -0.2) is 0 Å². The van der Waals surface area contributed by atoms with Gasteiger partial charge in [0, 0.05) is 18.1 Å². The summed E-state index contributed by atoms with van der Waals surface area (Å²) >= 11 is 5.93. The van der Waals surface area contributed by atoms with E-state index >= 15 is 0 Å². The van der Waals surface area contributed by atoms with Gasteiger partial charge in [-0.2, -0.15) is 0 Å². The van der Waals surface area contributed by atoms with Crippen LogP contribution in [0.3, 0.4) is 0 Å². The van der Waals surface area contributed by atoms with Crippen molar-refractivity contribution in [2.75, 3.05) is 20.2 Å². The quantitative estimate of drug-likeness (QED) is 0.806. The molecule has 1 aliphatic carbocycles. The molecule has 1 heterocycles. The van der Waals surface area contributed by atoms with Crippen molar-refractivity contribution in [2.24, 2.45) is 5.92 Å². The standard InChI is InChI=1S/C16H18ClNO3/c1-21-14(19)11-9-18(10-11)15(20)16(7-2-8-16)12-3-5-13(17)6-4-12/h3-6,11H,2,7-10H2,1H3. The predicted octanol–water partition coefficient (Wildman–Crippen LogP) is 2.39. The molecule has 0 N–H and O–H groups in total. The minimum absolute atomic E-state index is 0.135. The number of methoxy groups -OCH3 is 1. The molecule has 0 bridgehead atoms. The first-order valence-corrected chi connectivity index (χ1v) is 7.58. The molecule has 1 aromatic rings. The molecule has 1 aliphatic heterocycles. The average Bonchev–Trinajstić information content (AvgIpc) is 2.37. The highest BCUT2D eigenvalue weighted by Gasteiger charge is 2.50. The first kappa shape index (κ1) is 14.4. The molecule has 0 unspecified atom stereocenters. The first-order chi connectivity index (χ1) is 10.1. The Hall–Kier alpha value is -1.55. The van der Waals surface area contributed by atoms with E-state index < -0.39 is 5.41 Å². The molecule has 112 valence electrons. The number of amides is 1. The van der Waals surface area contributed by atoms with E-state index in [1.54, 1.807) is 4.90 Å². The van der Waals surface area contributed by atoms with Crippen LogP contribution in [0.15, 0.2) is 24.3 Å². The van der Waals surface area contributed by atoms with E-state index in [1.165, 1.54) is 7.11 Å². The summed E-state index contributed by atoms with van der Waals surface area (Å²) < 4.78 is 4.71. The Kier molecular flexibility index (Phi) is 3.66. The third-order valence-corrected chi connectivity index (χ3v) is 4.97. The summed E-state index contributed by atoms with van der Waals surface area (Å²) in [6.45, 7) is 0.946. The van der Waals surface area contributed by atoms with Crippen molar-refractivity contribution in [3.8, 4) is 0 Å². The van der Waals surface area contributed by atoms with E-state index in [2.05, 4.69) is 0 Å². The van der Waals surface area contributed by atoms with Gasteiger partial charge in [-0.05, 0) is 30.5 Å². The summed E-state index contributed by atoms with van der Waals surface area (Å²) in [4.78, 5) is 26.0. The number of benzene rings is 1. The topological polar surface area (TPSA) is 46.6 Å². The molecule has 0 spiro atoms. The lowest BCUT2D eigenvalue weighted by atomic mass is 9.63. The number of nitrogens with zero attached hydrogens (tertiary/aromatic N) is 1. The van der Waals surface area contributed by atoms with Gasteiger partial charge < -0.3 is 9.64 Å². The Morgan fingerprint density at radius 1 is 1.24 bits per heavy atom. The third-order valence-electron chi connectivity index (χ3n) is 4.72. The van der Waals surface area contributed by atoms with E-state index in [-0.39, 0.29) is 17.8 Å². The molecule has 5 heteroatoms. The fourth-order valence-corrected chi connectivity index (χ4v) is 3.31. The smallest absolute Gasteiger partial charge is 0.312 e. The molecular weight excluding hydrogens is 290 g/mol. The molecule has 0 aromatic heterocycles. The van der Waals surface area contributed by atoms with E-state index in [1.807, 2.05) is 24.3 Å². The Balaban J connectivity index is 1.74. The lowest BCUT2D eigenvalue weighted by Gasteiger charge is -2.48. The van der Waals surface area contributed by atoms with Crippen LogP contribution in [0.5, 0.6) is 0 Å². The van der Waals surface area contributed by atoms with Gasteiger partial charge in [-0.15, -0.1) is 0 Å². The van der Waals surface area contributed by atoms with Crippen LogP contribution in [-0.2, 0) is 19.7 Å². The number of halogens is 1. The number of rotatable bonds is 3. The van der Waals surface area contributed by atoms with Crippen molar-refractivity contribution < 1.29 is 14.3 Å².